The number of benzene rings is 1. The van der Waals surface area contributed by atoms with E-state index in [0.717, 1.165) is 24.3 Å². The molecule has 2 fully saturated rings. The molecule has 10 nitrogen and oxygen atoms in total. The molecule has 0 radical (unpaired) electrons. The number of thiophene rings is 1. The lowest BCUT2D eigenvalue weighted by atomic mass is 10.1. The summed E-state index contributed by atoms with van der Waals surface area (Å²) >= 11 is 0.570. The van der Waals surface area contributed by atoms with Gasteiger partial charge in [0.15, 0.2) is 4.21 Å². The van der Waals surface area contributed by atoms with Crippen LogP contribution in [0.25, 0.3) is 0 Å². The van der Waals surface area contributed by atoms with Gasteiger partial charge < -0.3 is 19.5 Å². The van der Waals surface area contributed by atoms with E-state index >= 15 is 0 Å². The van der Waals surface area contributed by atoms with Gasteiger partial charge in [-0.25, -0.2) is 8.42 Å². The Balaban J connectivity index is 1.61. The Bertz CT molecular complexity index is 1220. The highest BCUT2D eigenvalue weighted by Crippen LogP contribution is 2.43. The van der Waals surface area contributed by atoms with Gasteiger partial charge in [0, 0.05) is 31.9 Å². The number of nitrogens with zero attached hydrogens (tertiary/aromatic N) is 1. The Morgan fingerprint density at radius 1 is 1.28 bits per heavy atom. The van der Waals surface area contributed by atoms with Crippen molar-refractivity contribution in [2.75, 3.05) is 31.0 Å². The molecule has 1 aromatic carbocycles. The average Bonchev–Trinajstić information content (AvgIpc) is 3.40. The van der Waals surface area contributed by atoms with Crippen molar-refractivity contribution < 1.29 is 40.7 Å². The minimum Gasteiger partial charge on any atom is -0.485 e. The second kappa shape index (κ2) is 10.0. The zero-order valence-electron chi connectivity index (χ0n) is 19.1. The van der Waals surface area contributed by atoms with Crippen molar-refractivity contribution in [1.29, 1.82) is 0 Å². The highest BCUT2D eigenvalue weighted by molar-refractivity contribution is 7.94. The molecule has 2 saturated heterocycles. The molecule has 0 spiro atoms. The minimum atomic E-state index is -4.72. The van der Waals surface area contributed by atoms with Gasteiger partial charge in [-0.15, -0.1) is 0 Å². The van der Waals surface area contributed by atoms with Crippen molar-refractivity contribution in [1.82, 2.24) is 5.32 Å². The van der Waals surface area contributed by atoms with Crippen molar-refractivity contribution >= 4 is 32.7 Å². The molecule has 3 heterocycles. The molecule has 0 aliphatic carbocycles. The number of ether oxygens (including phenoxy) is 3. The number of hydrogen-bond acceptors (Lipinski definition) is 9. The fourth-order valence-corrected chi connectivity index (χ4v) is 6.26. The van der Waals surface area contributed by atoms with E-state index in [-0.39, 0.29) is 16.9 Å². The maximum absolute atomic E-state index is 13.6. The lowest BCUT2D eigenvalue weighted by Gasteiger charge is -2.27. The zero-order chi connectivity index (χ0) is 26.1. The average molecular weight is 552 g/mol. The molecule has 2 aliphatic rings. The van der Waals surface area contributed by atoms with Gasteiger partial charge in [-0.3, -0.25) is 14.8 Å². The Hall–Kier alpha value is -2.62. The fourth-order valence-electron chi connectivity index (χ4n) is 3.89. The van der Waals surface area contributed by atoms with Crippen LogP contribution < -0.4 is 19.5 Å². The molecule has 4 rings (SSSR count). The predicted molar refractivity (Wildman–Crippen MR) is 124 cm³/mol. The molecule has 0 saturated carbocycles. The molecular formula is C21H24F3N3O7S2. The van der Waals surface area contributed by atoms with E-state index in [1.165, 1.54) is 0 Å². The van der Waals surface area contributed by atoms with Gasteiger partial charge in [0.05, 0.1) is 35.5 Å². The maximum atomic E-state index is 13.6. The first-order valence-electron chi connectivity index (χ1n) is 11.0. The summed E-state index contributed by atoms with van der Waals surface area (Å²) in [5.74, 6) is -0.519. The van der Waals surface area contributed by atoms with Crippen LogP contribution in [0.4, 0.5) is 24.5 Å². The lowest BCUT2D eigenvalue weighted by Crippen LogP contribution is -2.35. The highest BCUT2D eigenvalue weighted by atomic mass is 32.2. The summed E-state index contributed by atoms with van der Waals surface area (Å²) in [6, 6.07) is 3.53. The summed E-state index contributed by atoms with van der Waals surface area (Å²) in [6.07, 6.45) is -3.62. The van der Waals surface area contributed by atoms with Crippen LogP contribution in [0.2, 0.25) is 0 Å². The number of hydrogen-bond donors (Lipinski definition) is 2. The van der Waals surface area contributed by atoms with E-state index in [1.54, 1.807) is 6.92 Å². The number of halogens is 3. The quantitative estimate of drug-likeness (QED) is 0.370. The van der Waals surface area contributed by atoms with Gasteiger partial charge in [0.25, 0.3) is 15.1 Å². The summed E-state index contributed by atoms with van der Waals surface area (Å²) in [7, 11) is -4.39. The molecule has 198 valence electrons. The fraction of sp³-hybridized carbons (Fsp3) is 0.524. The number of anilines is 1. The van der Waals surface area contributed by atoms with Gasteiger partial charge in [0.1, 0.15) is 17.5 Å². The Kier molecular flexibility index (Phi) is 7.37. The summed E-state index contributed by atoms with van der Waals surface area (Å²) in [6.45, 7) is 3.40. The van der Waals surface area contributed by atoms with Gasteiger partial charge in [-0.2, -0.15) is 13.2 Å². The Morgan fingerprint density at radius 2 is 2.00 bits per heavy atom. The largest absolute Gasteiger partial charge is 0.485 e. The molecule has 1 aromatic heterocycles. The Morgan fingerprint density at radius 3 is 2.61 bits per heavy atom. The smallest absolute Gasteiger partial charge is 0.419 e. The van der Waals surface area contributed by atoms with E-state index < -0.39 is 47.9 Å². The third-order valence-corrected chi connectivity index (χ3v) is 8.66. The number of sulfonamides is 1. The molecule has 15 heteroatoms. The number of alkyl halides is 3. The zero-order valence-corrected chi connectivity index (χ0v) is 20.7. The molecule has 0 amide bonds. The minimum absolute atomic E-state index is 0.162. The van der Waals surface area contributed by atoms with Gasteiger partial charge in [0.2, 0.25) is 0 Å². The van der Waals surface area contributed by atoms with Crippen LogP contribution in [-0.4, -0.2) is 51.3 Å². The first-order valence-corrected chi connectivity index (χ1v) is 13.3. The second-order valence-corrected chi connectivity index (χ2v) is 11.6. The summed E-state index contributed by atoms with van der Waals surface area (Å²) in [4.78, 5) is 10.8. The van der Waals surface area contributed by atoms with Crippen molar-refractivity contribution in [2.24, 2.45) is 0 Å². The Labute approximate surface area is 208 Å². The molecule has 36 heavy (non-hydrogen) atoms. The predicted octanol–water partition coefficient (Wildman–Crippen LogP) is 4.16. The lowest BCUT2D eigenvalue weighted by molar-refractivity contribution is -0.385. The number of rotatable bonds is 8. The third kappa shape index (κ3) is 6.02. The van der Waals surface area contributed by atoms with Crippen molar-refractivity contribution in [3.8, 4) is 10.8 Å². The monoisotopic (exact) mass is 551 g/mol. The first kappa shape index (κ1) is 26.4. The first-order chi connectivity index (χ1) is 16.9. The molecule has 0 bridgehead atoms. The summed E-state index contributed by atoms with van der Waals surface area (Å²) in [5.41, 5.74) is -2.64. The summed E-state index contributed by atoms with van der Waals surface area (Å²) in [5, 5.41) is 14.4. The van der Waals surface area contributed by atoms with Crippen LogP contribution in [0.3, 0.4) is 0 Å². The standard InChI is InChI=1S/C21H24F3N3O7S2/c1-20(6-7-25-12-20)34-17-10-13(2-3-15(17)21(22,23)24)26-36(30,31)18-11-16(27(28)29)19(35-18)33-14-4-8-32-9-5-14/h2-3,10-11,14,25-26H,4-9,12H2,1H3/t20-/m1/s1. The third-order valence-electron chi connectivity index (χ3n) is 5.79. The van der Waals surface area contributed by atoms with E-state index in [0.29, 0.717) is 56.9 Å². The molecule has 2 aliphatic heterocycles. The highest BCUT2D eigenvalue weighted by Gasteiger charge is 2.38. The molecule has 1 atom stereocenters. The molecular weight excluding hydrogens is 527 g/mol. The van der Waals surface area contributed by atoms with E-state index in [9.17, 15) is 31.7 Å². The molecule has 2 aromatic rings. The molecule has 0 unspecified atom stereocenters. The number of nitrogens with one attached hydrogen (secondary N) is 2. The van der Waals surface area contributed by atoms with Crippen molar-refractivity contribution in [2.45, 2.75) is 48.3 Å². The van der Waals surface area contributed by atoms with Crippen molar-refractivity contribution in [3.63, 3.8) is 0 Å². The molecule has 2 N–H and O–H groups in total. The van der Waals surface area contributed by atoms with Gasteiger partial charge >= 0.3 is 11.9 Å². The topological polar surface area (TPSA) is 129 Å². The van der Waals surface area contributed by atoms with Gasteiger partial charge in [-0.1, -0.05) is 11.3 Å². The SMILES string of the molecule is C[C@@]1(Oc2cc(NS(=O)(=O)c3cc([N+](=O)[O-])c(OC4CCOCC4)s3)ccc2C(F)(F)F)CCNC1. The van der Waals surface area contributed by atoms with Crippen LogP contribution >= 0.6 is 11.3 Å². The van der Waals surface area contributed by atoms with E-state index in [1.807, 2.05) is 0 Å². The second-order valence-electron chi connectivity index (χ2n) is 8.72. The van der Waals surface area contributed by atoms with Crippen LogP contribution in [0.15, 0.2) is 28.5 Å². The van der Waals surface area contributed by atoms with Crippen LogP contribution in [0.1, 0.15) is 31.7 Å². The normalized spacial score (nSPS) is 21.3. The maximum Gasteiger partial charge on any atom is 0.419 e. The van der Waals surface area contributed by atoms with Crippen LogP contribution in [-0.2, 0) is 20.9 Å². The van der Waals surface area contributed by atoms with Crippen molar-refractivity contribution in [3.05, 3.63) is 39.9 Å². The van der Waals surface area contributed by atoms with Gasteiger partial charge in [-0.05, 0) is 25.6 Å². The van der Waals surface area contributed by atoms with Crippen LogP contribution in [0.5, 0.6) is 10.8 Å². The van der Waals surface area contributed by atoms with E-state index in [2.05, 4.69) is 10.0 Å². The van der Waals surface area contributed by atoms with Crippen LogP contribution in [0, 0.1) is 10.1 Å². The number of nitro groups is 1. The van der Waals surface area contributed by atoms with E-state index in [4.69, 9.17) is 14.2 Å². The summed E-state index contributed by atoms with van der Waals surface area (Å²) < 4.78 is 85.1.